The van der Waals surface area contributed by atoms with Gasteiger partial charge in [-0.15, -0.1) is 0 Å². The van der Waals surface area contributed by atoms with Gasteiger partial charge in [0.1, 0.15) is 0 Å². The topological polar surface area (TPSA) is 31.4 Å². The SMILES string of the molecule is CC1CCN(CC(c2ccncc2)N2CCNCC2C)CC1. The first-order chi connectivity index (χ1) is 10.7. The lowest BCUT2D eigenvalue weighted by Gasteiger charge is -2.43. The van der Waals surface area contributed by atoms with Crippen molar-refractivity contribution in [3.63, 3.8) is 0 Å². The van der Waals surface area contributed by atoms with Gasteiger partial charge in [0.05, 0.1) is 0 Å². The summed E-state index contributed by atoms with van der Waals surface area (Å²) in [5, 5.41) is 3.51. The third kappa shape index (κ3) is 3.86. The van der Waals surface area contributed by atoms with Gasteiger partial charge in [-0.25, -0.2) is 0 Å². The van der Waals surface area contributed by atoms with Crippen LogP contribution in [0, 0.1) is 5.92 Å². The predicted octanol–water partition coefficient (Wildman–Crippen LogP) is 2.15. The quantitative estimate of drug-likeness (QED) is 0.923. The monoisotopic (exact) mass is 302 g/mol. The number of likely N-dealkylation sites (tertiary alicyclic amines) is 1. The fourth-order valence-electron chi connectivity index (χ4n) is 3.80. The number of nitrogens with zero attached hydrogens (tertiary/aromatic N) is 3. The Balaban J connectivity index is 1.74. The normalized spacial score (nSPS) is 26.9. The van der Waals surface area contributed by atoms with Crippen molar-refractivity contribution in [3.8, 4) is 0 Å². The first kappa shape index (κ1) is 15.9. The van der Waals surface area contributed by atoms with E-state index in [-0.39, 0.29) is 0 Å². The van der Waals surface area contributed by atoms with Gasteiger partial charge < -0.3 is 10.2 Å². The first-order valence-electron chi connectivity index (χ1n) is 8.83. The van der Waals surface area contributed by atoms with Crippen LogP contribution in [0.1, 0.15) is 38.3 Å². The number of aromatic nitrogens is 1. The summed E-state index contributed by atoms with van der Waals surface area (Å²) in [6.07, 6.45) is 6.57. The molecule has 2 fully saturated rings. The van der Waals surface area contributed by atoms with E-state index in [4.69, 9.17) is 0 Å². The van der Waals surface area contributed by atoms with Gasteiger partial charge in [0.2, 0.25) is 0 Å². The van der Waals surface area contributed by atoms with Gasteiger partial charge in [-0.2, -0.15) is 0 Å². The van der Waals surface area contributed by atoms with Crippen LogP contribution in [0.4, 0.5) is 0 Å². The standard InChI is InChI=1S/C18H30N4/c1-15-5-10-21(11-6-15)14-18(17-3-7-19-8-4-17)22-12-9-20-13-16(22)2/h3-4,7-8,15-16,18,20H,5-6,9-14H2,1-2H3. The molecule has 2 atom stereocenters. The van der Waals surface area contributed by atoms with Crippen molar-refractivity contribution in [3.05, 3.63) is 30.1 Å². The van der Waals surface area contributed by atoms with Crippen molar-refractivity contribution in [1.29, 1.82) is 0 Å². The van der Waals surface area contributed by atoms with Crippen molar-refractivity contribution in [1.82, 2.24) is 20.1 Å². The Morgan fingerprint density at radius 2 is 1.91 bits per heavy atom. The van der Waals surface area contributed by atoms with Crippen LogP contribution in [0.15, 0.2) is 24.5 Å². The highest BCUT2D eigenvalue weighted by Gasteiger charge is 2.29. The fraction of sp³-hybridized carbons (Fsp3) is 0.722. The van der Waals surface area contributed by atoms with Gasteiger partial charge in [0.25, 0.3) is 0 Å². The minimum Gasteiger partial charge on any atom is -0.314 e. The molecule has 0 amide bonds. The average molecular weight is 302 g/mol. The molecule has 2 unspecified atom stereocenters. The van der Waals surface area contributed by atoms with Crippen LogP contribution in [0.3, 0.4) is 0 Å². The zero-order valence-corrected chi connectivity index (χ0v) is 14.0. The molecule has 3 rings (SSSR count). The number of hydrogen-bond donors (Lipinski definition) is 1. The number of piperazine rings is 1. The number of rotatable bonds is 4. The summed E-state index contributed by atoms with van der Waals surface area (Å²) >= 11 is 0. The van der Waals surface area contributed by atoms with Gasteiger partial charge >= 0.3 is 0 Å². The van der Waals surface area contributed by atoms with Crippen molar-refractivity contribution in [2.24, 2.45) is 5.92 Å². The van der Waals surface area contributed by atoms with E-state index in [1.165, 1.54) is 31.5 Å². The third-order valence-corrected chi connectivity index (χ3v) is 5.35. The molecule has 0 aliphatic carbocycles. The Labute approximate surface area is 134 Å². The molecule has 1 aromatic heterocycles. The minimum absolute atomic E-state index is 0.494. The molecule has 2 aliphatic rings. The van der Waals surface area contributed by atoms with Crippen LogP contribution in [-0.2, 0) is 0 Å². The molecule has 0 saturated carbocycles. The molecule has 0 spiro atoms. The molecule has 3 heterocycles. The predicted molar refractivity (Wildman–Crippen MR) is 90.9 cm³/mol. The maximum atomic E-state index is 4.20. The van der Waals surface area contributed by atoms with E-state index in [0.717, 1.165) is 32.1 Å². The summed E-state index contributed by atoms with van der Waals surface area (Å²) < 4.78 is 0. The maximum absolute atomic E-state index is 4.20. The van der Waals surface area contributed by atoms with E-state index in [1.54, 1.807) is 0 Å². The van der Waals surface area contributed by atoms with Crippen LogP contribution in [-0.4, -0.2) is 60.1 Å². The summed E-state index contributed by atoms with van der Waals surface area (Å²) in [5.74, 6) is 0.897. The Hall–Kier alpha value is -0.970. The fourth-order valence-corrected chi connectivity index (χ4v) is 3.80. The smallest absolute Gasteiger partial charge is 0.0480 e. The molecule has 1 aromatic rings. The minimum atomic E-state index is 0.494. The number of piperidine rings is 1. The van der Waals surface area contributed by atoms with Crippen LogP contribution in [0.2, 0.25) is 0 Å². The van der Waals surface area contributed by atoms with Crippen LogP contribution >= 0.6 is 0 Å². The lowest BCUT2D eigenvalue weighted by Crippen LogP contribution is -2.53. The Morgan fingerprint density at radius 1 is 1.18 bits per heavy atom. The summed E-state index contributed by atoms with van der Waals surface area (Å²) in [5.41, 5.74) is 1.42. The van der Waals surface area contributed by atoms with Gasteiger partial charge in [0.15, 0.2) is 0 Å². The van der Waals surface area contributed by atoms with Crippen LogP contribution in [0.5, 0.6) is 0 Å². The Morgan fingerprint density at radius 3 is 2.59 bits per heavy atom. The van der Waals surface area contributed by atoms with Crippen LogP contribution in [0.25, 0.3) is 0 Å². The molecule has 2 aliphatic heterocycles. The molecule has 122 valence electrons. The molecule has 0 aromatic carbocycles. The molecule has 4 heteroatoms. The molecule has 0 bridgehead atoms. The molecular weight excluding hydrogens is 272 g/mol. The Kier molecular flexibility index (Phi) is 5.45. The summed E-state index contributed by atoms with van der Waals surface area (Å²) in [7, 11) is 0. The largest absolute Gasteiger partial charge is 0.314 e. The Bertz CT molecular complexity index is 442. The van der Waals surface area contributed by atoms with Crippen molar-refractivity contribution in [2.75, 3.05) is 39.3 Å². The summed E-state index contributed by atoms with van der Waals surface area (Å²) in [4.78, 5) is 9.56. The number of pyridine rings is 1. The molecule has 22 heavy (non-hydrogen) atoms. The summed E-state index contributed by atoms with van der Waals surface area (Å²) in [6.45, 7) is 11.7. The van der Waals surface area contributed by atoms with E-state index in [9.17, 15) is 0 Å². The number of hydrogen-bond acceptors (Lipinski definition) is 4. The van der Waals surface area contributed by atoms with Crippen molar-refractivity contribution >= 4 is 0 Å². The van der Waals surface area contributed by atoms with Crippen molar-refractivity contribution in [2.45, 2.75) is 38.8 Å². The highest BCUT2D eigenvalue weighted by atomic mass is 15.3. The zero-order valence-electron chi connectivity index (χ0n) is 14.0. The van der Waals surface area contributed by atoms with Gasteiger partial charge in [-0.1, -0.05) is 6.92 Å². The van der Waals surface area contributed by atoms with E-state index >= 15 is 0 Å². The van der Waals surface area contributed by atoms with E-state index in [0.29, 0.717) is 12.1 Å². The molecular formula is C18H30N4. The average Bonchev–Trinajstić information content (AvgIpc) is 2.56. The highest BCUT2D eigenvalue weighted by molar-refractivity contribution is 5.16. The molecule has 4 nitrogen and oxygen atoms in total. The molecule has 2 saturated heterocycles. The lowest BCUT2D eigenvalue weighted by molar-refractivity contribution is 0.0725. The second-order valence-electron chi connectivity index (χ2n) is 7.07. The lowest BCUT2D eigenvalue weighted by atomic mass is 9.97. The van der Waals surface area contributed by atoms with Gasteiger partial charge in [0, 0.05) is 50.7 Å². The first-order valence-corrected chi connectivity index (χ1v) is 8.83. The van der Waals surface area contributed by atoms with E-state index in [2.05, 4.69) is 46.1 Å². The van der Waals surface area contributed by atoms with Gasteiger partial charge in [-0.05, 0) is 56.5 Å². The maximum Gasteiger partial charge on any atom is 0.0480 e. The second-order valence-corrected chi connectivity index (χ2v) is 7.07. The van der Waals surface area contributed by atoms with E-state index in [1.807, 2.05) is 12.4 Å². The van der Waals surface area contributed by atoms with E-state index < -0.39 is 0 Å². The van der Waals surface area contributed by atoms with Gasteiger partial charge in [-0.3, -0.25) is 9.88 Å². The third-order valence-electron chi connectivity index (χ3n) is 5.35. The van der Waals surface area contributed by atoms with Crippen LogP contribution < -0.4 is 5.32 Å². The molecule has 0 radical (unpaired) electrons. The summed E-state index contributed by atoms with van der Waals surface area (Å²) in [6, 6.07) is 5.49. The second kappa shape index (κ2) is 7.53. The van der Waals surface area contributed by atoms with Crippen molar-refractivity contribution < 1.29 is 0 Å². The highest BCUT2D eigenvalue weighted by Crippen LogP contribution is 2.26. The zero-order chi connectivity index (χ0) is 15.4. The number of nitrogens with one attached hydrogen (secondary N) is 1. The molecule has 1 N–H and O–H groups in total.